The van der Waals surface area contributed by atoms with E-state index in [0.717, 1.165) is 0 Å². The van der Waals surface area contributed by atoms with Gasteiger partial charge in [0.25, 0.3) is 5.71 Å². The summed E-state index contributed by atoms with van der Waals surface area (Å²) >= 11 is 0. The van der Waals surface area contributed by atoms with Gasteiger partial charge in [0.15, 0.2) is 0 Å². The summed E-state index contributed by atoms with van der Waals surface area (Å²) in [5.74, 6) is -0.138. The second-order valence-electron chi connectivity index (χ2n) is 2.40. The summed E-state index contributed by atoms with van der Waals surface area (Å²) in [4.78, 5) is 14.1. The Morgan fingerprint density at radius 1 is 1.75 bits per heavy atom. The molecule has 1 aliphatic rings. The second-order valence-corrected chi connectivity index (χ2v) is 2.40. The molecular formula is C8H9N3O. The summed E-state index contributed by atoms with van der Waals surface area (Å²) < 4.78 is 0. The van der Waals surface area contributed by atoms with Crippen LogP contribution in [0.4, 0.5) is 0 Å². The first-order chi connectivity index (χ1) is 5.77. The number of carbonyl (C=O) groups is 1. The van der Waals surface area contributed by atoms with Crippen molar-refractivity contribution in [1.82, 2.24) is 5.32 Å². The average Bonchev–Trinajstić information content (AvgIpc) is 2.17. The number of likely N-dealkylation sites (N-methyl/N-ethyl adjacent to an activating group) is 1. The number of nitrogens with one attached hydrogen (secondary N) is 1. The summed E-state index contributed by atoms with van der Waals surface area (Å²) in [6, 6.07) is 0. The molecule has 62 valence electrons. The normalized spacial score (nSPS) is 15.1. The molecule has 0 aliphatic heterocycles. The average molecular weight is 163 g/mol. The fourth-order valence-corrected chi connectivity index (χ4v) is 0.974. The molecule has 0 spiro atoms. The van der Waals surface area contributed by atoms with Gasteiger partial charge in [0.1, 0.15) is 0 Å². The second kappa shape index (κ2) is 3.64. The maximum Gasteiger partial charge on any atom is 0.296 e. The molecule has 0 aromatic heterocycles. The molecule has 1 amide bonds. The van der Waals surface area contributed by atoms with Gasteiger partial charge in [-0.1, -0.05) is 12.2 Å². The van der Waals surface area contributed by atoms with E-state index in [9.17, 15) is 4.79 Å². The summed E-state index contributed by atoms with van der Waals surface area (Å²) in [6.07, 6.45) is 5.43. The first kappa shape index (κ1) is 8.43. The quantitative estimate of drug-likeness (QED) is 0.438. The van der Waals surface area contributed by atoms with Crippen molar-refractivity contribution in [3.63, 3.8) is 0 Å². The van der Waals surface area contributed by atoms with E-state index in [-0.39, 0.29) is 5.91 Å². The van der Waals surface area contributed by atoms with E-state index in [1.165, 1.54) is 0 Å². The number of nitrogens with zero attached hydrogens (tertiary/aromatic N) is 2. The summed E-state index contributed by atoms with van der Waals surface area (Å²) in [5.41, 5.74) is 9.54. The molecule has 0 unspecified atom stereocenters. The Hall–Kier alpha value is -1.67. The first-order valence-corrected chi connectivity index (χ1v) is 3.58. The highest BCUT2D eigenvalue weighted by Crippen LogP contribution is 2.08. The molecule has 0 saturated heterocycles. The minimum Gasteiger partial charge on any atom is -0.361 e. The van der Waals surface area contributed by atoms with E-state index in [4.69, 9.17) is 5.53 Å². The SMILES string of the molecule is CNC(=O)C1=CC=CC(=[N+]=[N-])C1. The molecular weight excluding hydrogens is 154 g/mol. The van der Waals surface area contributed by atoms with E-state index >= 15 is 0 Å². The van der Waals surface area contributed by atoms with Crippen molar-refractivity contribution in [3.8, 4) is 0 Å². The van der Waals surface area contributed by atoms with Crippen LogP contribution < -0.4 is 5.32 Å². The third kappa shape index (κ3) is 1.68. The van der Waals surface area contributed by atoms with Crippen LogP contribution in [0.5, 0.6) is 0 Å². The zero-order valence-corrected chi connectivity index (χ0v) is 6.74. The highest BCUT2D eigenvalue weighted by molar-refractivity contribution is 6.04. The number of amides is 1. The zero-order valence-electron chi connectivity index (χ0n) is 6.74. The van der Waals surface area contributed by atoms with Crippen molar-refractivity contribution in [2.75, 3.05) is 7.05 Å². The molecule has 1 N–H and O–H groups in total. The fraction of sp³-hybridized carbons (Fsp3) is 0.250. The van der Waals surface area contributed by atoms with E-state index in [2.05, 4.69) is 10.1 Å². The van der Waals surface area contributed by atoms with Gasteiger partial charge in [-0.05, 0) is 0 Å². The van der Waals surface area contributed by atoms with E-state index in [1.54, 1.807) is 25.3 Å². The number of hydrogen-bond acceptors (Lipinski definition) is 1. The first-order valence-electron chi connectivity index (χ1n) is 3.58. The van der Waals surface area contributed by atoms with Crippen LogP contribution >= 0.6 is 0 Å². The molecule has 1 aliphatic carbocycles. The van der Waals surface area contributed by atoms with Crippen LogP contribution in [0.3, 0.4) is 0 Å². The number of allylic oxidation sites excluding steroid dienone is 3. The summed E-state index contributed by atoms with van der Waals surface area (Å²) in [7, 11) is 1.57. The molecule has 0 aromatic carbocycles. The Morgan fingerprint density at radius 3 is 3.08 bits per heavy atom. The number of carbonyl (C=O) groups excluding carboxylic acids is 1. The maximum absolute atomic E-state index is 11.1. The van der Waals surface area contributed by atoms with Crippen molar-refractivity contribution < 1.29 is 9.58 Å². The van der Waals surface area contributed by atoms with Gasteiger partial charge >= 0.3 is 0 Å². The van der Waals surface area contributed by atoms with Crippen molar-refractivity contribution in [2.24, 2.45) is 0 Å². The van der Waals surface area contributed by atoms with Gasteiger partial charge in [-0.2, -0.15) is 4.79 Å². The van der Waals surface area contributed by atoms with Gasteiger partial charge in [-0.3, -0.25) is 4.79 Å². The third-order valence-electron chi connectivity index (χ3n) is 1.60. The molecule has 0 radical (unpaired) electrons. The fourth-order valence-electron chi connectivity index (χ4n) is 0.974. The molecule has 0 bridgehead atoms. The van der Waals surface area contributed by atoms with E-state index in [1.807, 2.05) is 0 Å². The van der Waals surface area contributed by atoms with Crippen molar-refractivity contribution in [1.29, 1.82) is 0 Å². The van der Waals surface area contributed by atoms with Gasteiger partial charge in [-0.25, -0.2) is 0 Å². The molecule has 1 rings (SSSR count). The molecule has 0 fully saturated rings. The third-order valence-corrected chi connectivity index (χ3v) is 1.60. The predicted molar refractivity (Wildman–Crippen MR) is 44.5 cm³/mol. The van der Waals surface area contributed by atoms with Crippen LogP contribution in [-0.4, -0.2) is 23.5 Å². The van der Waals surface area contributed by atoms with Gasteiger partial charge < -0.3 is 10.8 Å². The minimum atomic E-state index is -0.138. The van der Waals surface area contributed by atoms with Crippen molar-refractivity contribution >= 4 is 11.6 Å². The van der Waals surface area contributed by atoms with Crippen LogP contribution in [0.25, 0.3) is 5.53 Å². The lowest BCUT2D eigenvalue weighted by Gasteiger charge is -2.03. The van der Waals surface area contributed by atoms with Crippen molar-refractivity contribution in [2.45, 2.75) is 6.42 Å². The summed E-state index contributed by atoms with van der Waals surface area (Å²) in [6.45, 7) is 0. The van der Waals surface area contributed by atoms with Crippen LogP contribution in [0.1, 0.15) is 6.42 Å². The Morgan fingerprint density at radius 2 is 2.50 bits per heavy atom. The zero-order chi connectivity index (χ0) is 8.97. The van der Waals surface area contributed by atoms with Gasteiger partial charge in [0.05, 0.1) is 6.42 Å². The van der Waals surface area contributed by atoms with Crippen LogP contribution in [-0.2, 0) is 4.79 Å². The summed E-state index contributed by atoms with van der Waals surface area (Å²) in [5, 5.41) is 2.50. The van der Waals surface area contributed by atoms with Crippen LogP contribution in [0, 0.1) is 0 Å². The standard InChI is InChI=1S/C8H9N3O/c1-10-8(12)6-3-2-4-7(5-6)11-9/h2-4H,5H2,1H3,(H,10,12). The van der Waals surface area contributed by atoms with E-state index in [0.29, 0.717) is 17.7 Å². The molecule has 0 saturated carbocycles. The molecule has 4 nitrogen and oxygen atoms in total. The maximum atomic E-state index is 11.1. The van der Waals surface area contributed by atoms with Gasteiger partial charge in [0.2, 0.25) is 5.91 Å². The highest BCUT2D eigenvalue weighted by atomic mass is 16.1. The van der Waals surface area contributed by atoms with Gasteiger partial charge in [-0.15, -0.1) is 0 Å². The highest BCUT2D eigenvalue weighted by Gasteiger charge is 2.16. The molecule has 4 heteroatoms. The van der Waals surface area contributed by atoms with Gasteiger partial charge in [0, 0.05) is 18.7 Å². The Bertz CT molecular complexity index is 308. The lowest BCUT2D eigenvalue weighted by atomic mass is 10.0. The predicted octanol–water partition coefficient (Wildman–Crippen LogP) is 0.290. The largest absolute Gasteiger partial charge is 0.361 e. The smallest absolute Gasteiger partial charge is 0.296 e. The van der Waals surface area contributed by atoms with Crippen LogP contribution in [0.15, 0.2) is 23.8 Å². The molecule has 0 heterocycles. The molecule has 0 aromatic rings. The number of rotatable bonds is 1. The lowest BCUT2D eigenvalue weighted by Crippen LogP contribution is -2.22. The van der Waals surface area contributed by atoms with Crippen LogP contribution in [0.2, 0.25) is 0 Å². The Kier molecular flexibility index (Phi) is 2.56. The monoisotopic (exact) mass is 163 g/mol. The Balaban J connectivity index is 2.83. The topological polar surface area (TPSA) is 65.5 Å². The lowest BCUT2D eigenvalue weighted by molar-refractivity contribution is -0.117. The number of hydrogen-bond donors (Lipinski definition) is 1. The van der Waals surface area contributed by atoms with E-state index < -0.39 is 0 Å². The molecule has 0 atom stereocenters. The minimum absolute atomic E-state index is 0.138. The van der Waals surface area contributed by atoms with Crippen molar-refractivity contribution in [3.05, 3.63) is 29.3 Å². The molecule has 12 heavy (non-hydrogen) atoms. The Labute approximate surface area is 70.2 Å².